The van der Waals surface area contributed by atoms with E-state index >= 15 is 0 Å². The zero-order valence-electron chi connectivity index (χ0n) is 11.3. The summed E-state index contributed by atoms with van der Waals surface area (Å²) in [7, 11) is -3.50. The Bertz CT molecular complexity index is 535. The Morgan fingerprint density at radius 3 is 2.40 bits per heavy atom. The molecule has 0 radical (unpaired) electrons. The van der Waals surface area contributed by atoms with E-state index in [9.17, 15) is 19.5 Å². The summed E-state index contributed by atoms with van der Waals surface area (Å²) in [6.45, 7) is 3.59. The van der Waals surface area contributed by atoms with Crippen molar-refractivity contribution in [1.29, 1.82) is 0 Å². The second-order valence-corrected chi connectivity index (χ2v) is 5.89. The number of hydrogen-bond acceptors (Lipinski definition) is 6. The van der Waals surface area contributed by atoms with Crippen LogP contribution in [0.2, 0.25) is 0 Å². The van der Waals surface area contributed by atoms with Gasteiger partial charge < -0.3 is 9.05 Å². The Morgan fingerprint density at radius 2 is 1.90 bits per heavy atom. The van der Waals surface area contributed by atoms with Gasteiger partial charge in [0.25, 0.3) is 5.69 Å². The molecular weight excluding hydrogens is 285 g/mol. The van der Waals surface area contributed by atoms with Crippen molar-refractivity contribution in [3.05, 3.63) is 39.9 Å². The Hall–Kier alpha value is -1.56. The first kappa shape index (κ1) is 16.5. The number of nitro benzene ring substituents is 1. The smallest absolute Gasteiger partial charge is 0.309 e. The van der Waals surface area contributed by atoms with E-state index in [0.717, 1.165) is 6.07 Å². The normalized spacial score (nSPS) is 11.3. The number of hydrogen-bond donors (Lipinski definition) is 0. The van der Waals surface area contributed by atoms with Gasteiger partial charge in [-0.2, -0.15) is 0 Å². The highest BCUT2D eigenvalue weighted by molar-refractivity contribution is 7.54. The molecular formula is C12H16NO6P. The minimum Gasteiger partial charge on any atom is -0.309 e. The van der Waals surface area contributed by atoms with E-state index in [2.05, 4.69) is 0 Å². The SMILES string of the molecule is CCOP(=O)(CC(=O)c1cccc([N+](=O)[O-])c1)OCC. The first-order valence-corrected chi connectivity index (χ1v) is 7.80. The van der Waals surface area contributed by atoms with Crippen LogP contribution in [0.3, 0.4) is 0 Å². The number of rotatable bonds is 8. The summed E-state index contributed by atoms with van der Waals surface area (Å²) in [6.07, 6.45) is -0.435. The highest BCUT2D eigenvalue weighted by atomic mass is 31.2. The van der Waals surface area contributed by atoms with Gasteiger partial charge in [-0.25, -0.2) is 0 Å². The summed E-state index contributed by atoms with van der Waals surface area (Å²) in [5.74, 6) is -0.515. The monoisotopic (exact) mass is 301 g/mol. The Labute approximate surface area is 116 Å². The summed E-state index contributed by atoms with van der Waals surface area (Å²) in [5, 5.41) is 10.7. The van der Waals surface area contributed by atoms with Crippen molar-refractivity contribution in [3.8, 4) is 0 Å². The zero-order valence-corrected chi connectivity index (χ0v) is 12.2. The largest absolute Gasteiger partial charge is 0.338 e. The predicted molar refractivity (Wildman–Crippen MR) is 73.2 cm³/mol. The summed E-state index contributed by atoms with van der Waals surface area (Å²) in [4.78, 5) is 22.1. The predicted octanol–water partition coefficient (Wildman–Crippen LogP) is 3.04. The van der Waals surface area contributed by atoms with Gasteiger partial charge in [-0.1, -0.05) is 12.1 Å². The highest BCUT2D eigenvalue weighted by Gasteiger charge is 2.28. The van der Waals surface area contributed by atoms with E-state index in [1.807, 2.05) is 0 Å². The van der Waals surface area contributed by atoms with Crippen LogP contribution in [-0.4, -0.2) is 30.1 Å². The number of non-ortho nitro benzene ring substituents is 1. The van der Waals surface area contributed by atoms with Crippen LogP contribution >= 0.6 is 7.60 Å². The van der Waals surface area contributed by atoms with Crippen LogP contribution in [0.4, 0.5) is 5.69 Å². The van der Waals surface area contributed by atoms with Crippen molar-refractivity contribution >= 4 is 19.1 Å². The van der Waals surface area contributed by atoms with Gasteiger partial charge in [-0.3, -0.25) is 19.5 Å². The van der Waals surface area contributed by atoms with Gasteiger partial charge in [-0.05, 0) is 13.8 Å². The van der Waals surface area contributed by atoms with Crippen LogP contribution in [0.1, 0.15) is 24.2 Å². The molecule has 110 valence electrons. The second-order valence-electron chi connectivity index (χ2n) is 3.84. The van der Waals surface area contributed by atoms with Crippen molar-refractivity contribution in [2.24, 2.45) is 0 Å². The number of benzene rings is 1. The molecule has 0 aromatic heterocycles. The minimum absolute atomic E-state index is 0.110. The number of nitro groups is 1. The number of Topliss-reactive ketones (excluding diaryl/α,β-unsaturated/α-hetero) is 1. The zero-order chi connectivity index (χ0) is 15.2. The molecule has 0 bridgehead atoms. The van der Waals surface area contributed by atoms with Crippen LogP contribution in [0, 0.1) is 10.1 Å². The van der Waals surface area contributed by atoms with E-state index in [1.54, 1.807) is 13.8 Å². The molecule has 1 aromatic rings. The molecule has 8 heteroatoms. The maximum absolute atomic E-state index is 12.2. The minimum atomic E-state index is -3.50. The Kier molecular flexibility index (Phi) is 6.01. The fourth-order valence-electron chi connectivity index (χ4n) is 1.58. The van der Waals surface area contributed by atoms with Gasteiger partial charge in [0.2, 0.25) is 0 Å². The lowest BCUT2D eigenvalue weighted by molar-refractivity contribution is -0.384. The van der Waals surface area contributed by atoms with Crippen molar-refractivity contribution in [2.75, 3.05) is 19.4 Å². The maximum Gasteiger partial charge on any atom is 0.338 e. The molecule has 0 saturated carbocycles. The third-order valence-corrected chi connectivity index (χ3v) is 4.35. The van der Waals surface area contributed by atoms with Gasteiger partial charge >= 0.3 is 7.60 Å². The van der Waals surface area contributed by atoms with Crippen LogP contribution in [0.5, 0.6) is 0 Å². The molecule has 0 spiro atoms. The average molecular weight is 301 g/mol. The van der Waals surface area contributed by atoms with Crippen LogP contribution in [0.15, 0.2) is 24.3 Å². The molecule has 1 rings (SSSR count). The lowest BCUT2D eigenvalue weighted by Crippen LogP contribution is -2.10. The van der Waals surface area contributed by atoms with Crippen molar-refractivity contribution in [3.63, 3.8) is 0 Å². The van der Waals surface area contributed by atoms with Crippen molar-refractivity contribution < 1.29 is 23.3 Å². The lowest BCUT2D eigenvalue weighted by atomic mass is 10.1. The number of nitrogens with zero attached hydrogens (tertiary/aromatic N) is 1. The third kappa shape index (κ3) is 4.52. The topological polar surface area (TPSA) is 95.7 Å². The molecule has 0 heterocycles. The molecule has 0 atom stereocenters. The molecule has 0 N–H and O–H groups in total. The first-order chi connectivity index (χ1) is 9.41. The summed E-state index contributed by atoms with van der Waals surface area (Å²) in [5.41, 5.74) is -0.0858. The number of carbonyl (C=O) groups excluding carboxylic acids is 1. The summed E-state index contributed by atoms with van der Waals surface area (Å²) >= 11 is 0. The van der Waals surface area contributed by atoms with Gasteiger partial charge in [0.1, 0.15) is 6.16 Å². The number of ketones is 1. The molecule has 20 heavy (non-hydrogen) atoms. The molecule has 7 nitrogen and oxygen atoms in total. The molecule has 0 saturated heterocycles. The molecule has 0 unspecified atom stereocenters. The van der Waals surface area contributed by atoms with Gasteiger partial charge in [0.05, 0.1) is 18.1 Å². The summed E-state index contributed by atoms with van der Waals surface area (Å²) < 4.78 is 22.3. The Balaban J connectivity index is 2.92. The van der Waals surface area contributed by atoms with E-state index in [1.165, 1.54) is 18.2 Å². The fraction of sp³-hybridized carbons (Fsp3) is 0.417. The van der Waals surface area contributed by atoms with E-state index in [0.29, 0.717) is 0 Å². The lowest BCUT2D eigenvalue weighted by Gasteiger charge is -2.16. The van der Waals surface area contributed by atoms with Crippen LogP contribution < -0.4 is 0 Å². The second kappa shape index (κ2) is 7.28. The van der Waals surface area contributed by atoms with E-state index < -0.39 is 24.5 Å². The summed E-state index contributed by atoms with van der Waals surface area (Å²) in [6, 6.07) is 5.25. The Morgan fingerprint density at radius 1 is 1.30 bits per heavy atom. The van der Waals surface area contributed by atoms with Crippen molar-refractivity contribution in [1.82, 2.24) is 0 Å². The molecule has 0 amide bonds. The third-order valence-electron chi connectivity index (χ3n) is 2.37. The first-order valence-electron chi connectivity index (χ1n) is 6.07. The molecule has 0 aliphatic rings. The van der Waals surface area contributed by atoms with Crippen LogP contribution in [-0.2, 0) is 13.6 Å². The highest BCUT2D eigenvalue weighted by Crippen LogP contribution is 2.48. The fourth-order valence-corrected chi connectivity index (χ4v) is 3.16. The molecule has 0 aliphatic carbocycles. The van der Waals surface area contributed by atoms with Crippen LogP contribution in [0.25, 0.3) is 0 Å². The van der Waals surface area contributed by atoms with E-state index in [4.69, 9.17) is 9.05 Å². The van der Waals surface area contributed by atoms with Crippen molar-refractivity contribution in [2.45, 2.75) is 13.8 Å². The molecule has 0 aliphatic heterocycles. The standard InChI is InChI=1S/C12H16NO6P/c1-3-18-20(17,19-4-2)9-12(14)10-6-5-7-11(8-10)13(15)16/h5-8H,3-4,9H2,1-2H3. The van der Waals surface area contributed by atoms with E-state index in [-0.39, 0.29) is 24.5 Å². The average Bonchev–Trinajstić information content (AvgIpc) is 2.39. The van der Waals surface area contributed by atoms with Gasteiger partial charge in [0, 0.05) is 17.7 Å². The quantitative estimate of drug-likeness (QED) is 0.317. The maximum atomic E-state index is 12.2. The van der Waals surface area contributed by atoms with Gasteiger partial charge in [-0.15, -0.1) is 0 Å². The molecule has 0 fully saturated rings. The number of carbonyl (C=O) groups is 1. The molecule has 1 aromatic carbocycles. The van der Waals surface area contributed by atoms with Gasteiger partial charge in [0.15, 0.2) is 5.78 Å².